The van der Waals surface area contributed by atoms with E-state index in [4.69, 9.17) is 5.73 Å². The number of nitrogens with zero attached hydrogens (tertiary/aromatic N) is 2. The number of hydrogen-bond donors (Lipinski definition) is 1. The van der Waals surface area contributed by atoms with Gasteiger partial charge in [0.1, 0.15) is 6.04 Å². The molecule has 2 N–H and O–H groups in total. The Balaban J connectivity index is 2.35. The Kier molecular flexibility index (Phi) is 4.70. The average Bonchev–Trinajstić information content (AvgIpc) is 2.47. The molecule has 21 heavy (non-hydrogen) atoms. The Bertz CT molecular complexity index is 661. The van der Waals surface area contributed by atoms with Gasteiger partial charge < -0.3 is 10.6 Å². The van der Waals surface area contributed by atoms with Crippen molar-refractivity contribution in [3.05, 3.63) is 64.4 Å². The number of likely N-dealkylation sites (N-methyl/N-ethyl adjacent to an activating group) is 1. The molecule has 0 aliphatic rings. The molecule has 0 aliphatic heterocycles. The summed E-state index contributed by atoms with van der Waals surface area (Å²) in [7, 11) is 1.55. The molecule has 6 heteroatoms. The summed E-state index contributed by atoms with van der Waals surface area (Å²) in [6, 6.07) is 9.52. The van der Waals surface area contributed by atoms with Crippen LogP contribution in [0.2, 0.25) is 0 Å². The second kappa shape index (κ2) is 6.49. The van der Waals surface area contributed by atoms with Crippen molar-refractivity contribution in [3.8, 4) is 0 Å². The van der Waals surface area contributed by atoms with E-state index in [1.807, 2.05) is 6.07 Å². The minimum absolute atomic E-state index is 0.291. The van der Waals surface area contributed by atoms with Gasteiger partial charge in [0, 0.05) is 29.5 Å². The zero-order valence-corrected chi connectivity index (χ0v) is 12.9. The fourth-order valence-electron chi connectivity index (χ4n) is 2.07. The first-order chi connectivity index (χ1) is 10.0. The molecule has 2 amide bonds. The lowest BCUT2D eigenvalue weighted by molar-refractivity contribution is -0.122. The Morgan fingerprint density at radius 1 is 1.24 bits per heavy atom. The van der Waals surface area contributed by atoms with Gasteiger partial charge in [-0.3, -0.25) is 14.6 Å². The van der Waals surface area contributed by atoms with Crippen molar-refractivity contribution in [1.29, 1.82) is 0 Å². The predicted octanol–water partition coefficient (Wildman–Crippen LogP) is 2.14. The molecule has 1 atom stereocenters. The lowest BCUT2D eigenvalue weighted by atomic mass is 10.0. The van der Waals surface area contributed by atoms with E-state index in [2.05, 4.69) is 20.9 Å². The van der Waals surface area contributed by atoms with Crippen molar-refractivity contribution < 1.29 is 9.59 Å². The molecule has 2 aromatic rings. The fraction of sp³-hybridized carbons (Fsp3) is 0.133. The van der Waals surface area contributed by atoms with Gasteiger partial charge in [-0.15, -0.1) is 0 Å². The van der Waals surface area contributed by atoms with Crippen LogP contribution in [0, 0.1) is 0 Å². The first-order valence-corrected chi connectivity index (χ1v) is 7.02. The number of rotatable bonds is 4. The number of nitrogens with two attached hydrogens (primary N) is 1. The highest BCUT2D eigenvalue weighted by Gasteiger charge is 2.27. The van der Waals surface area contributed by atoms with Crippen LogP contribution in [0.4, 0.5) is 0 Å². The van der Waals surface area contributed by atoms with Crippen LogP contribution >= 0.6 is 15.9 Å². The van der Waals surface area contributed by atoms with Crippen LogP contribution in [0.5, 0.6) is 0 Å². The fourth-order valence-corrected chi connectivity index (χ4v) is 2.49. The largest absolute Gasteiger partial charge is 0.368 e. The van der Waals surface area contributed by atoms with Gasteiger partial charge in [-0.05, 0) is 29.8 Å². The SMILES string of the molecule is CN(C(=O)c1ccncc1)[C@@H](C(N)=O)c1cccc(Br)c1. The topological polar surface area (TPSA) is 76.3 Å². The van der Waals surface area contributed by atoms with Crippen molar-refractivity contribution in [1.82, 2.24) is 9.88 Å². The van der Waals surface area contributed by atoms with Crippen LogP contribution in [0.15, 0.2) is 53.3 Å². The van der Waals surface area contributed by atoms with E-state index in [1.54, 1.807) is 37.4 Å². The quantitative estimate of drug-likeness (QED) is 0.920. The van der Waals surface area contributed by atoms with Crippen LogP contribution in [-0.2, 0) is 4.79 Å². The van der Waals surface area contributed by atoms with E-state index < -0.39 is 11.9 Å². The molecule has 0 radical (unpaired) electrons. The molecule has 1 aromatic carbocycles. The molecule has 108 valence electrons. The Labute approximate surface area is 130 Å². The second-order valence-electron chi connectivity index (χ2n) is 4.51. The Morgan fingerprint density at radius 2 is 1.90 bits per heavy atom. The van der Waals surface area contributed by atoms with E-state index in [9.17, 15) is 9.59 Å². The smallest absolute Gasteiger partial charge is 0.254 e. The molecule has 2 rings (SSSR count). The van der Waals surface area contributed by atoms with Crippen LogP contribution in [0.1, 0.15) is 22.0 Å². The third-order valence-corrected chi connectivity index (χ3v) is 3.56. The first-order valence-electron chi connectivity index (χ1n) is 6.22. The molecule has 5 nitrogen and oxygen atoms in total. The number of primary amides is 1. The minimum Gasteiger partial charge on any atom is -0.368 e. The molecule has 0 saturated heterocycles. The third-order valence-electron chi connectivity index (χ3n) is 3.07. The highest BCUT2D eigenvalue weighted by Crippen LogP contribution is 2.23. The van der Waals surface area contributed by atoms with Gasteiger partial charge in [0.2, 0.25) is 5.91 Å². The number of halogens is 1. The number of benzene rings is 1. The van der Waals surface area contributed by atoms with Gasteiger partial charge in [-0.25, -0.2) is 0 Å². The van der Waals surface area contributed by atoms with Gasteiger partial charge >= 0.3 is 0 Å². The molecular weight excluding hydrogens is 334 g/mol. The van der Waals surface area contributed by atoms with Gasteiger partial charge in [0.05, 0.1) is 0 Å². The molecule has 1 heterocycles. The van der Waals surface area contributed by atoms with Crippen molar-refractivity contribution >= 4 is 27.7 Å². The van der Waals surface area contributed by atoms with Crippen molar-refractivity contribution in [2.75, 3.05) is 7.05 Å². The predicted molar refractivity (Wildman–Crippen MR) is 82.4 cm³/mol. The standard InChI is InChI=1S/C15H14BrN3O2/c1-19(15(21)10-5-7-18-8-6-10)13(14(17)20)11-3-2-4-12(16)9-11/h2-9,13H,1H3,(H2,17,20)/t13-/m1/s1. The van der Waals surface area contributed by atoms with E-state index in [1.165, 1.54) is 17.3 Å². The molecule has 1 aromatic heterocycles. The molecule has 0 spiro atoms. The molecule has 0 saturated carbocycles. The summed E-state index contributed by atoms with van der Waals surface area (Å²) in [5, 5.41) is 0. The summed E-state index contributed by atoms with van der Waals surface area (Å²) in [5.74, 6) is -0.876. The maximum Gasteiger partial charge on any atom is 0.254 e. The molecule has 0 aliphatic carbocycles. The second-order valence-corrected chi connectivity index (χ2v) is 5.43. The third kappa shape index (κ3) is 3.46. The maximum absolute atomic E-state index is 12.4. The Hall–Kier alpha value is -2.21. The summed E-state index contributed by atoms with van der Waals surface area (Å²) >= 11 is 3.35. The molecule has 0 bridgehead atoms. The summed E-state index contributed by atoms with van der Waals surface area (Å²) in [6.45, 7) is 0. The number of hydrogen-bond acceptors (Lipinski definition) is 3. The Morgan fingerprint density at radius 3 is 2.48 bits per heavy atom. The number of aromatic nitrogens is 1. The summed E-state index contributed by atoms with van der Waals surface area (Å²) in [6.07, 6.45) is 3.05. The van der Waals surface area contributed by atoms with Crippen LogP contribution in [0.25, 0.3) is 0 Å². The van der Waals surface area contributed by atoms with E-state index in [0.29, 0.717) is 11.1 Å². The molecule has 0 unspecified atom stereocenters. The van der Waals surface area contributed by atoms with E-state index in [-0.39, 0.29) is 5.91 Å². The molecule has 0 fully saturated rings. The van der Waals surface area contributed by atoms with Crippen LogP contribution in [-0.4, -0.2) is 28.7 Å². The lowest BCUT2D eigenvalue weighted by Crippen LogP contribution is -2.39. The van der Waals surface area contributed by atoms with E-state index in [0.717, 1.165) is 4.47 Å². The summed E-state index contributed by atoms with van der Waals surface area (Å²) in [5.41, 5.74) is 6.58. The van der Waals surface area contributed by atoms with Gasteiger partial charge in [0.15, 0.2) is 0 Å². The van der Waals surface area contributed by atoms with Gasteiger partial charge in [-0.2, -0.15) is 0 Å². The number of carbonyl (C=O) groups is 2. The number of carbonyl (C=O) groups excluding carboxylic acids is 2. The van der Waals surface area contributed by atoms with Crippen molar-refractivity contribution in [2.45, 2.75) is 6.04 Å². The zero-order valence-electron chi connectivity index (χ0n) is 11.4. The summed E-state index contributed by atoms with van der Waals surface area (Å²) in [4.78, 5) is 29.4. The zero-order chi connectivity index (χ0) is 15.4. The number of amides is 2. The van der Waals surface area contributed by atoms with Gasteiger partial charge in [-0.1, -0.05) is 28.1 Å². The van der Waals surface area contributed by atoms with Crippen molar-refractivity contribution in [3.63, 3.8) is 0 Å². The lowest BCUT2D eigenvalue weighted by Gasteiger charge is -2.26. The van der Waals surface area contributed by atoms with E-state index >= 15 is 0 Å². The van der Waals surface area contributed by atoms with Crippen LogP contribution < -0.4 is 5.73 Å². The normalized spacial score (nSPS) is 11.7. The van der Waals surface area contributed by atoms with Crippen molar-refractivity contribution in [2.24, 2.45) is 5.73 Å². The monoisotopic (exact) mass is 347 g/mol. The average molecular weight is 348 g/mol. The molecular formula is C15H14BrN3O2. The highest BCUT2D eigenvalue weighted by molar-refractivity contribution is 9.10. The summed E-state index contributed by atoms with van der Waals surface area (Å²) < 4.78 is 0.816. The first kappa shape index (κ1) is 15.2. The highest BCUT2D eigenvalue weighted by atomic mass is 79.9. The number of pyridine rings is 1. The minimum atomic E-state index is -0.830. The maximum atomic E-state index is 12.4. The van der Waals surface area contributed by atoms with Gasteiger partial charge in [0.25, 0.3) is 5.91 Å². The van der Waals surface area contributed by atoms with Crippen LogP contribution in [0.3, 0.4) is 0 Å².